The molecule has 3 rings (SSSR count). The van der Waals surface area contributed by atoms with E-state index in [0.717, 1.165) is 0 Å². The lowest BCUT2D eigenvalue weighted by Gasteiger charge is -2.07. The predicted octanol–water partition coefficient (Wildman–Crippen LogP) is 5.49. The molecular weight excluding hydrogens is 414 g/mol. The van der Waals surface area contributed by atoms with Crippen LogP contribution in [0.1, 0.15) is 0 Å². The fourth-order valence-corrected chi connectivity index (χ4v) is 2.99. The van der Waals surface area contributed by atoms with Crippen molar-refractivity contribution >= 4 is 55.1 Å². The number of benzene rings is 2. The van der Waals surface area contributed by atoms with E-state index in [9.17, 15) is 8.78 Å². The van der Waals surface area contributed by atoms with Gasteiger partial charge >= 0.3 is 0 Å². The van der Waals surface area contributed by atoms with Crippen molar-refractivity contribution in [3.63, 3.8) is 0 Å². The van der Waals surface area contributed by atoms with Crippen LogP contribution in [0.25, 0.3) is 16.7 Å². The van der Waals surface area contributed by atoms with Crippen molar-refractivity contribution in [1.29, 1.82) is 0 Å². The summed E-state index contributed by atoms with van der Waals surface area (Å²) < 4.78 is 30.5. The van der Waals surface area contributed by atoms with E-state index in [1.165, 1.54) is 16.7 Å². The zero-order valence-electron chi connectivity index (χ0n) is 9.75. The number of hydrogen-bond acceptors (Lipinski definition) is 1. The van der Waals surface area contributed by atoms with Crippen LogP contribution in [-0.4, -0.2) is 9.55 Å². The van der Waals surface area contributed by atoms with Crippen molar-refractivity contribution in [1.82, 2.24) is 9.55 Å². The summed E-state index contributed by atoms with van der Waals surface area (Å²) in [7, 11) is 0. The van der Waals surface area contributed by atoms with Crippen LogP contribution in [0.3, 0.4) is 0 Å². The summed E-state index contributed by atoms with van der Waals surface area (Å²) in [6, 6.07) is 7.52. The Morgan fingerprint density at radius 2 is 1.80 bits per heavy atom. The van der Waals surface area contributed by atoms with Crippen molar-refractivity contribution in [3.8, 4) is 5.69 Å². The van der Waals surface area contributed by atoms with Crippen LogP contribution in [0, 0.1) is 16.4 Å². The molecule has 0 fully saturated rings. The molecule has 1 aromatic heterocycles. The molecule has 1 heterocycles. The molecule has 2 aromatic carbocycles. The summed E-state index contributed by atoms with van der Waals surface area (Å²) in [5.41, 5.74) is 1.38. The number of rotatable bonds is 1. The van der Waals surface area contributed by atoms with E-state index in [1.54, 1.807) is 18.2 Å². The Kier molecular flexibility index (Phi) is 3.51. The highest BCUT2D eigenvalue weighted by Crippen LogP contribution is 2.27. The summed E-state index contributed by atoms with van der Waals surface area (Å²) in [5.74, 6) is -0.877. The molecule has 1 N–H and O–H groups in total. The standard InChI is InChI=1S/C13H6Br2F2N2S/c14-6-1-2-11(9(17)3-6)19-12-5-8(16)7(15)4-10(12)18-13(19)20/h1-5H,(H,18,20). The van der Waals surface area contributed by atoms with Gasteiger partial charge in [0, 0.05) is 10.5 Å². The van der Waals surface area contributed by atoms with Crippen molar-refractivity contribution < 1.29 is 8.78 Å². The number of fused-ring (bicyclic) bond motifs is 1. The van der Waals surface area contributed by atoms with Gasteiger partial charge in [0.05, 0.1) is 21.2 Å². The quantitative estimate of drug-likeness (QED) is 0.517. The number of nitrogens with one attached hydrogen (secondary N) is 1. The summed E-state index contributed by atoms with van der Waals surface area (Å²) in [6.45, 7) is 0. The highest BCUT2D eigenvalue weighted by atomic mass is 79.9. The second kappa shape index (κ2) is 5.05. The second-order valence-corrected chi connectivity index (χ2v) is 6.30. The third kappa shape index (κ3) is 2.23. The third-order valence-corrected chi connectivity index (χ3v) is 4.26. The first-order chi connectivity index (χ1) is 9.47. The fraction of sp³-hybridized carbons (Fsp3) is 0. The molecule has 0 aliphatic carbocycles. The van der Waals surface area contributed by atoms with Crippen LogP contribution in [0.15, 0.2) is 39.3 Å². The van der Waals surface area contributed by atoms with Gasteiger partial charge in [0.2, 0.25) is 0 Å². The lowest BCUT2D eigenvalue weighted by Crippen LogP contribution is -1.98. The lowest BCUT2D eigenvalue weighted by atomic mass is 10.2. The summed E-state index contributed by atoms with van der Waals surface area (Å²) in [4.78, 5) is 2.94. The highest BCUT2D eigenvalue weighted by molar-refractivity contribution is 9.10. The molecule has 3 aromatic rings. The van der Waals surface area contributed by atoms with Crippen LogP contribution in [0.5, 0.6) is 0 Å². The van der Waals surface area contributed by atoms with Gasteiger partial charge in [0.1, 0.15) is 11.6 Å². The molecule has 0 bridgehead atoms. The SMILES string of the molecule is Fc1cc2c(cc1Br)[nH]c(=S)n2-c1ccc(Br)cc1F. The smallest absolute Gasteiger partial charge is 0.182 e. The van der Waals surface area contributed by atoms with Gasteiger partial charge in [0.25, 0.3) is 0 Å². The molecule has 2 nitrogen and oxygen atoms in total. The minimum atomic E-state index is -0.445. The number of hydrogen-bond donors (Lipinski definition) is 1. The first-order valence-corrected chi connectivity index (χ1v) is 7.52. The Hall–Kier alpha value is -1.05. The lowest BCUT2D eigenvalue weighted by molar-refractivity contribution is 0.615. The average Bonchev–Trinajstić information content (AvgIpc) is 2.66. The molecule has 0 radical (unpaired) electrons. The molecule has 20 heavy (non-hydrogen) atoms. The Bertz CT molecular complexity index is 886. The van der Waals surface area contributed by atoms with Gasteiger partial charge in [-0.15, -0.1) is 0 Å². The molecule has 7 heteroatoms. The van der Waals surface area contributed by atoms with Crippen LogP contribution >= 0.6 is 44.1 Å². The molecule has 0 unspecified atom stereocenters. The van der Waals surface area contributed by atoms with E-state index in [4.69, 9.17) is 12.2 Å². The zero-order chi connectivity index (χ0) is 14.4. The third-order valence-electron chi connectivity index (χ3n) is 2.87. The number of aromatic nitrogens is 2. The van der Waals surface area contributed by atoms with Gasteiger partial charge in [-0.25, -0.2) is 8.78 Å². The number of H-pyrrole nitrogens is 1. The molecule has 0 aliphatic rings. The largest absolute Gasteiger partial charge is 0.330 e. The molecular formula is C13H6Br2F2N2S. The Morgan fingerprint density at radius 1 is 1.05 bits per heavy atom. The first kappa shape index (κ1) is 13.9. The topological polar surface area (TPSA) is 20.7 Å². The minimum Gasteiger partial charge on any atom is -0.330 e. The van der Waals surface area contributed by atoms with Crippen molar-refractivity contribution in [2.75, 3.05) is 0 Å². The van der Waals surface area contributed by atoms with Crippen LogP contribution in [0.2, 0.25) is 0 Å². The Morgan fingerprint density at radius 3 is 2.50 bits per heavy atom. The second-order valence-electron chi connectivity index (χ2n) is 4.14. The number of nitrogens with zero attached hydrogens (tertiary/aromatic N) is 1. The molecule has 0 saturated heterocycles. The maximum absolute atomic E-state index is 14.1. The number of imidazole rings is 1. The van der Waals surface area contributed by atoms with Gasteiger partial charge in [-0.05, 0) is 52.4 Å². The maximum Gasteiger partial charge on any atom is 0.182 e. The minimum absolute atomic E-state index is 0.270. The molecule has 0 spiro atoms. The van der Waals surface area contributed by atoms with Crippen LogP contribution in [-0.2, 0) is 0 Å². The van der Waals surface area contributed by atoms with Gasteiger partial charge < -0.3 is 4.98 Å². The van der Waals surface area contributed by atoms with Crippen LogP contribution in [0.4, 0.5) is 8.78 Å². The predicted molar refractivity (Wildman–Crippen MR) is 83.8 cm³/mol. The van der Waals surface area contributed by atoms with E-state index < -0.39 is 11.6 Å². The van der Waals surface area contributed by atoms with E-state index in [0.29, 0.717) is 24.7 Å². The summed E-state index contributed by atoms with van der Waals surface area (Å²) in [6.07, 6.45) is 0. The number of halogens is 4. The zero-order valence-corrected chi connectivity index (χ0v) is 13.7. The van der Waals surface area contributed by atoms with E-state index in [1.807, 2.05) is 0 Å². The van der Waals surface area contributed by atoms with Crippen molar-refractivity contribution in [2.45, 2.75) is 0 Å². The number of aromatic amines is 1. The molecule has 0 atom stereocenters. The van der Waals surface area contributed by atoms with Crippen molar-refractivity contribution in [2.24, 2.45) is 0 Å². The normalized spacial score (nSPS) is 11.2. The monoisotopic (exact) mass is 418 g/mol. The van der Waals surface area contributed by atoms with Gasteiger partial charge in [-0.1, -0.05) is 15.9 Å². The van der Waals surface area contributed by atoms with E-state index in [-0.39, 0.29) is 5.69 Å². The molecule has 0 saturated carbocycles. The van der Waals surface area contributed by atoms with E-state index in [2.05, 4.69) is 36.8 Å². The highest BCUT2D eigenvalue weighted by Gasteiger charge is 2.13. The Labute approximate surface area is 134 Å². The molecule has 102 valence electrons. The first-order valence-electron chi connectivity index (χ1n) is 5.52. The molecule has 0 amide bonds. The fourth-order valence-electron chi connectivity index (χ4n) is 2.00. The van der Waals surface area contributed by atoms with Crippen molar-refractivity contribution in [3.05, 3.63) is 55.7 Å². The summed E-state index contributed by atoms with van der Waals surface area (Å²) in [5, 5.41) is 0. The molecule has 0 aliphatic heterocycles. The Balaban J connectivity index is 2.39. The van der Waals surface area contributed by atoms with Gasteiger partial charge in [-0.3, -0.25) is 4.57 Å². The summed E-state index contributed by atoms with van der Waals surface area (Å²) >= 11 is 11.5. The van der Waals surface area contributed by atoms with Gasteiger partial charge in [-0.2, -0.15) is 0 Å². The van der Waals surface area contributed by atoms with E-state index >= 15 is 0 Å². The maximum atomic E-state index is 14.1. The average molecular weight is 420 g/mol. The van der Waals surface area contributed by atoms with Gasteiger partial charge in [0.15, 0.2) is 4.77 Å². The van der Waals surface area contributed by atoms with Crippen LogP contribution < -0.4 is 0 Å².